The summed E-state index contributed by atoms with van der Waals surface area (Å²) in [6.07, 6.45) is 1.84. The lowest BCUT2D eigenvalue weighted by molar-refractivity contribution is 0.315. The van der Waals surface area contributed by atoms with Crippen molar-refractivity contribution in [3.8, 4) is 0 Å². The maximum atomic E-state index is 4.39. The van der Waals surface area contributed by atoms with Crippen LogP contribution in [-0.2, 0) is 13.1 Å². The van der Waals surface area contributed by atoms with Gasteiger partial charge in [0.15, 0.2) is 0 Å². The van der Waals surface area contributed by atoms with Gasteiger partial charge in [-0.15, -0.1) is 0 Å². The van der Waals surface area contributed by atoms with Crippen molar-refractivity contribution in [3.05, 3.63) is 58.3 Å². The monoisotopic (exact) mass is 319 g/mol. The Kier molecular flexibility index (Phi) is 4.93. The highest BCUT2D eigenvalue weighted by Gasteiger charge is 2.03. The summed E-state index contributed by atoms with van der Waals surface area (Å²) in [4.78, 5) is 6.65. The minimum atomic E-state index is 0.839. The first kappa shape index (κ1) is 14.0. The number of aromatic nitrogens is 1. The molecule has 0 unspecified atom stereocenters. The minimum Gasteiger partial charge on any atom is -0.388 e. The van der Waals surface area contributed by atoms with Crippen molar-refractivity contribution in [1.82, 2.24) is 9.88 Å². The summed E-state index contributed by atoms with van der Waals surface area (Å²) in [6, 6.07) is 12.5. The quantitative estimate of drug-likeness (QED) is 0.914. The topological polar surface area (TPSA) is 28.2 Å². The molecule has 0 fully saturated rings. The van der Waals surface area contributed by atoms with E-state index in [1.807, 2.05) is 19.3 Å². The van der Waals surface area contributed by atoms with Crippen LogP contribution in [0.4, 0.5) is 5.69 Å². The van der Waals surface area contributed by atoms with Crippen LogP contribution < -0.4 is 5.32 Å². The first-order valence-electron chi connectivity index (χ1n) is 6.23. The third-order valence-corrected chi connectivity index (χ3v) is 3.43. The summed E-state index contributed by atoms with van der Waals surface area (Å²) >= 11 is 3.45. The summed E-state index contributed by atoms with van der Waals surface area (Å²) < 4.78 is 1.11. The highest BCUT2D eigenvalue weighted by molar-refractivity contribution is 9.10. The van der Waals surface area contributed by atoms with Crippen LogP contribution in [-0.4, -0.2) is 24.0 Å². The Morgan fingerprint density at radius 3 is 2.58 bits per heavy atom. The molecule has 0 aliphatic carbocycles. The van der Waals surface area contributed by atoms with Gasteiger partial charge in [0, 0.05) is 36.5 Å². The Morgan fingerprint density at radius 2 is 1.89 bits per heavy atom. The van der Waals surface area contributed by atoms with Crippen molar-refractivity contribution >= 4 is 21.6 Å². The molecule has 1 aromatic heterocycles. The predicted octanol–water partition coefficient (Wildman–Crippen LogP) is 3.52. The predicted molar refractivity (Wildman–Crippen MR) is 83.1 cm³/mol. The molecule has 2 rings (SSSR count). The molecule has 0 saturated heterocycles. The molecule has 2 aromatic rings. The van der Waals surface area contributed by atoms with E-state index >= 15 is 0 Å². The van der Waals surface area contributed by atoms with E-state index in [1.54, 1.807) is 0 Å². The van der Waals surface area contributed by atoms with Crippen LogP contribution in [0.3, 0.4) is 0 Å². The molecule has 0 aliphatic rings. The third-order valence-electron chi connectivity index (χ3n) is 2.90. The molecule has 4 heteroatoms. The summed E-state index contributed by atoms with van der Waals surface area (Å²) in [5, 5.41) is 3.13. The number of anilines is 1. The van der Waals surface area contributed by atoms with Crippen LogP contribution in [0.15, 0.2) is 47.1 Å². The zero-order valence-corrected chi connectivity index (χ0v) is 12.8. The van der Waals surface area contributed by atoms with Gasteiger partial charge in [0.05, 0.1) is 5.69 Å². The molecule has 0 bridgehead atoms. The summed E-state index contributed by atoms with van der Waals surface area (Å²) in [7, 11) is 4.03. The van der Waals surface area contributed by atoms with E-state index in [9.17, 15) is 0 Å². The average Bonchev–Trinajstić information content (AvgIpc) is 2.41. The van der Waals surface area contributed by atoms with Gasteiger partial charge in [-0.3, -0.25) is 9.88 Å². The minimum absolute atomic E-state index is 0.839. The smallest absolute Gasteiger partial charge is 0.0564 e. The zero-order valence-electron chi connectivity index (χ0n) is 11.2. The molecule has 0 amide bonds. The Morgan fingerprint density at radius 1 is 1.16 bits per heavy atom. The van der Waals surface area contributed by atoms with E-state index in [0.29, 0.717) is 0 Å². The van der Waals surface area contributed by atoms with Gasteiger partial charge in [0.25, 0.3) is 0 Å². The van der Waals surface area contributed by atoms with E-state index in [1.165, 1.54) is 5.56 Å². The van der Waals surface area contributed by atoms with Crippen molar-refractivity contribution < 1.29 is 0 Å². The Bertz CT molecular complexity index is 525. The lowest BCUT2D eigenvalue weighted by Gasteiger charge is -2.16. The van der Waals surface area contributed by atoms with Crippen molar-refractivity contribution in [1.29, 1.82) is 0 Å². The molecule has 0 spiro atoms. The van der Waals surface area contributed by atoms with Crippen LogP contribution in [0.5, 0.6) is 0 Å². The van der Waals surface area contributed by atoms with Crippen molar-refractivity contribution in [3.63, 3.8) is 0 Å². The first-order valence-corrected chi connectivity index (χ1v) is 7.02. The molecule has 19 heavy (non-hydrogen) atoms. The van der Waals surface area contributed by atoms with Gasteiger partial charge in [0.2, 0.25) is 0 Å². The molecular formula is C15H18BrN3. The second kappa shape index (κ2) is 6.68. The molecule has 0 radical (unpaired) electrons. The number of rotatable bonds is 5. The maximum Gasteiger partial charge on any atom is 0.0564 e. The van der Waals surface area contributed by atoms with Gasteiger partial charge in [-0.25, -0.2) is 0 Å². The van der Waals surface area contributed by atoms with Gasteiger partial charge in [-0.05, 0) is 36.9 Å². The van der Waals surface area contributed by atoms with Gasteiger partial charge >= 0.3 is 0 Å². The lowest BCUT2D eigenvalue weighted by atomic mass is 10.2. The number of hydrogen-bond acceptors (Lipinski definition) is 3. The fraction of sp³-hybridized carbons (Fsp3) is 0.267. The SMILES string of the molecule is CNc1ccnc(CN(C)Cc2ccc(Br)cc2)c1. The van der Waals surface area contributed by atoms with Gasteiger partial charge in [-0.2, -0.15) is 0 Å². The highest BCUT2D eigenvalue weighted by atomic mass is 79.9. The van der Waals surface area contributed by atoms with Crippen LogP contribution in [0.25, 0.3) is 0 Å². The number of pyridine rings is 1. The summed E-state index contributed by atoms with van der Waals surface area (Å²) in [6.45, 7) is 1.75. The number of nitrogens with zero attached hydrogens (tertiary/aromatic N) is 2. The number of hydrogen-bond donors (Lipinski definition) is 1. The normalized spacial score (nSPS) is 10.7. The molecule has 1 heterocycles. The Labute approximate surface area is 122 Å². The number of halogens is 1. The van der Waals surface area contributed by atoms with Crippen LogP contribution >= 0.6 is 15.9 Å². The maximum absolute atomic E-state index is 4.39. The van der Waals surface area contributed by atoms with E-state index in [4.69, 9.17) is 0 Å². The van der Waals surface area contributed by atoms with Gasteiger partial charge in [0.1, 0.15) is 0 Å². The largest absolute Gasteiger partial charge is 0.388 e. The van der Waals surface area contributed by atoms with Crippen molar-refractivity contribution in [2.75, 3.05) is 19.4 Å². The third kappa shape index (κ3) is 4.33. The standard InChI is InChI=1S/C15H18BrN3/c1-17-14-7-8-18-15(9-14)11-19(2)10-12-3-5-13(16)6-4-12/h3-9H,10-11H2,1-2H3,(H,17,18). The van der Waals surface area contributed by atoms with Crippen molar-refractivity contribution in [2.24, 2.45) is 0 Å². The van der Waals surface area contributed by atoms with Crippen LogP contribution in [0.2, 0.25) is 0 Å². The second-order valence-electron chi connectivity index (χ2n) is 4.58. The second-order valence-corrected chi connectivity index (χ2v) is 5.50. The molecule has 1 N–H and O–H groups in total. The fourth-order valence-electron chi connectivity index (χ4n) is 1.95. The van der Waals surface area contributed by atoms with Crippen molar-refractivity contribution in [2.45, 2.75) is 13.1 Å². The molecule has 0 saturated carbocycles. The summed E-state index contributed by atoms with van der Waals surface area (Å²) in [5.74, 6) is 0. The molecule has 1 aromatic carbocycles. The highest BCUT2D eigenvalue weighted by Crippen LogP contribution is 2.13. The molecule has 3 nitrogen and oxygen atoms in total. The first-order chi connectivity index (χ1) is 9.17. The summed E-state index contributed by atoms with van der Waals surface area (Å²) in [5.41, 5.74) is 3.48. The molecular weight excluding hydrogens is 302 g/mol. The molecule has 0 aliphatic heterocycles. The lowest BCUT2D eigenvalue weighted by Crippen LogP contribution is -2.18. The van der Waals surface area contributed by atoms with E-state index in [2.05, 4.69) is 68.5 Å². The Balaban J connectivity index is 1.96. The van der Waals surface area contributed by atoms with Crippen LogP contribution in [0, 0.1) is 0 Å². The van der Waals surface area contributed by atoms with Gasteiger partial charge < -0.3 is 5.32 Å². The van der Waals surface area contributed by atoms with E-state index < -0.39 is 0 Å². The number of benzene rings is 1. The fourth-order valence-corrected chi connectivity index (χ4v) is 2.22. The average molecular weight is 320 g/mol. The van der Waals surface area contributed by atoms with Crippen LogP contribution in [0.1, 0.15) is 11.3 Å². The molecule has 100 valence electrons. The number of nitrogens with one attached hydrogen (secondary N) is 1. The Hall–Kier alpha value is -1.39. The zero-order chi connectivity index (χ0) is 13.7. The van der Waals surface area contributed by atoms with Gasteiger partial charge in [-0.1, -0.05) is 28.1 Å². The molecule has 0 atom stereocenters. The van der Waals surface area contributed by atoms with E-state index in [0.717, 1.165) is 28.9 Å². The van der Waals surface area contributed by atoms with E-state index in [-0.39, 0.29) is 0 Å².